The molecule has 0 aliphatic heterocycles. The summed E-state index contributed by atoms with van der Waals surface area (Å²) in [5.74, 6) is -0.0231. The van der Waals surface area contributed by atoms with Gasteiger partial charge in [-0.25, -0.2) is 0 Å². The third-order valence-electron chi connectivity index (χ3n) is 2.87. The highest BCUT2D eigenvalue weighted by Crippen LogP contribution is 2.14. The fourth-order valence-corrected chi connectivity index (χ4v) is 2.29. The van der Waals surface area contributed by atoms with Gasteiger partial charge in [-0.05, 0) is 25.0 Å². The Hall–Kier alpha value is -1.29. The van der Waals surface area contributed by atoms with Crippen LogP contribution in [0, 0.1) is 0 Å². The van der Waals surface area contributed by atoms with Gasteiger partial charge in [-0.15, -0.1) is 0 Å². The van der Waals surface area contributed by atoms with Crippen molar-refractivity contribution >= 4 is 32.7 Å². The standard InChI is InChI=1S/C14H17BrN2O/c15-8-4-1-5-9-16-14(18)13-10-11-6-2-3-7-12(11)17-13/h2-3,6-7,10,17H,1,4-5,8-9H2,(H,16,18). The van der Waals surface area contributed by atoms with Crippen LogP contribution in [0.1, 0.15) is 29.8 Å². The molecule has 18 heavy (non-hydrogen) atoms. The number of alkyl halides is 1. The molecule has 2 N–H and O–H groups in total. The zero-order chi connectivity index (χ0) is 12.8. The number of para-hydroxylation sites is 1. The van der Waals surface area contributed by atoms with E-state index in [2.05, 4.69) is 26.2 Å². The van der Waals surface area contributed by atoms with E-state index in [4.69, 9.17) is 0 Å². The lowest BCUT2D eigenvalue weighted by molar-refractivity contribution is 0.0949. The van der Waals surface area contributed by atoms with Crippen LogP contribution in [0.2, 0.25) is 0 Å². The zero-order valence-corrected chi connectivity index (χ0v) is 11.8. The Labute approximate surface area is 115 Å². The second-order valence-electron chi connectivity index (χ2n) is 4.28. The molecule has 1 aromatic heterocycles. The number of unbranched alkanes of at least 4 members (excludes halogenated alkanes) is 2. The minimum atomic E-state index is -0.0231. The molecule has 0 unspecified atom stereocenters. The molecule has 1 amide bonds. The minimum absolute atomic E-state index is 0.0231. The van der Waals surface area contributed by atoms with Crippen molar-refractivity contribution in [2.45, 2.75) is 19.3 Å². The lowest BCUT2D eigenvalue weighted by Crippen LogP contribution is -2.24. The van der Waals surface area contributed by atoms with Crippen molar-refractivity contribution < 1.29 is 4.79 Å². The quantitative estimate of drug-likeness (QED) is 0.623. The number of nitrogens with one attached hydrogen (secondary N) is 2. The van der Waals surface area contributed by atoms with Gasteiger partial charge in [0.25, 0.3) is 5.91 Å². The number of H-pyrrole nitrogens is 1. The molecule has 0 saturated heterocycles. The first-order valence-electron chi connectivity index (χ1n) is 6.23. The van der Waals surface area contributed by atoms with E-state index < -0.39 is 0 Å². The van der Waals surface area contributed by atoms with Crippen LogP contribution in [0.3, 0.4) is 0 Å². The summed E-state index contributed by atoms with van der Waals surface area (Å²) in [6.07, 6.45) is 3.32. The Bertz CT molecular complexity index is 488. The molecular formula is C14H17BrN2O. The molecule has 0 aliphatic carbocycles. The maximum Gasteiger partial charge on any atom is 0.267 e. The number of hydrogen-bond acceptors (Lipinski definition) is 1. The predicted octanol–water partition coefficient (Wildman–Crippen LogP) is 3.46. The van der Waals surface area contributed by atoms with Crippen LogP contribution >= 0.6 is 15.9 Å². The van der Waals surface area contributed by atoms with Gasteiger partial charge in [0.1, 0.15) is 5.69 Å². The molecule has 0 saturated carbocycles. The summed E-state index contributed by atoms with van der Waals surface area (Å²) in [6.45, 7) is 0.737. The second-order valence-corrected chi connectivity index (χ2v) is 5.07. The summed E-state index contributed by atoms with van der Waals surface area (Å²) < 4.78 is 0. The molecule has 0 fully saturated rings. The largest absolute Gasteiger partial charge is 0.351 e. The first kappa shape index (κ1) is 13.1. The molecule has 2 rings (SSSR count). The fourth-order valence-electron chi connectivity index (χ4n) is 1.89. The van der Waals surface area contributed by atoms with Gasteiger partial charge in [-0.1, -0.05) is 40.5 Å². The molecule has 96 valence electrons. The van der Waals surface area contributed by atoms with Crippen molar-refractivity contribution in [3.05, 3.63) is 36.0 Å². The Morgan fingerprint density at radius 3 is 2.83 bits per heavy atom. The van der Waals surface area contributed by atoms with Crippen molar-refractivity contribution in [1.29, 1.82) is 0 Å². The zero-order valence-electron chi connectivity index (χ0n) is 10.2. The van der Waals surface area contributed by atoms with Gasteiger partial charge >= 0.3 is 0 Å². The van der Waals surface area contributed by atoms with Gasteiger partial charge in [-0.2, -0.15) is 0 Å². The van der Waals surface area contributed by atoms with Crippen molar-refractivity contribution in [1.82, 2.24) is 10.3 Å². The van der Waals surface area contributed by atoms with Gasteiger partial charge in [0.15, 0.2) is 0 Å². The number of hydrogen-bond donors (Lipinski definition) is 2. The lowest BCUT2D eigenvalue weighted by atomic mass is 10.2. The third kappa shape index (κ3) is 3.35. The molecule has 1 heterocycles. The van der Waals surface area contributed by atoms with Crippen molar-refractivity contribution in [3.63, 3.8) is 0 Å². The second kappa shape index (κ2) is 6.59. The number of amides is 1. The number of fused-ring (bicyclic) bond motifs is 1. The Kier molecular flexibility index (Phi) is 4.81. The highest BCUT2D eigenvalue weighted by molar-refractivity contribution is 9.09. The normalized spacial score (nSPS) is 10.7. The molecule has 2 aromatic rings. The van der Waals surface area contributed by atoms with Crippen LogP contribution in [-0.2, 0) is 0 Å². The number of benzene rings is 1. The number of carbonyl (C=O) groups is 1. The number of rotatable bonds is 6. The number of aromatic amines is 1. The van der Waals surface area contributed by atoms with E-state index in [-0.39, 0.29) is 5.91 Å². The molecule has 4 heteroatoms. The highest BCUT2D eigenvalue weighted by Gasteiger charge is 2.07. The van der Waals surface area contributed by atoms with Crippen LogP contribution in [0.5, 0.6) is 0 Å². The minimum Gasteiger partial charge on any atom is -0.351 e. The number of halogens is 1. The number of carbonyl (C=O) groups excluding carboxylic acids is 1. The molecule has 1 aromatic carbocycles. The van der Waals surface area contributed by atoms with E-state index in [0.717, 1.165) is 42.0 Å². The Morgan fingerprint density at radius 1 is 1.22 bits per heavy atom. The summed E-state index contributed by atoms with van der Waals surface area (Å²) in [5, 5.41) is 5.04. The van der Waals surface area contributed by atoms with Crippen molar-refractivity contribution in [2.75, 3.05) is 11.9 Å². The summed E-state index contributed by atoms with van der Waals surface area (Å²) in [5.41, 5.74) is 1.64. The van der Waals surface area contributed by atoms with Gasteiger partial charge in [-0.3, -0.25) is 4.79 Å². The van der Waals surface area contributed by atoms with Crippen LogP contribution in [0.15, 0.2) is 30.3 Å². The Balaban J connectivity index is 1.88. The molecule has 0 radical (unpaired) electrons. The van der Waals surface area contributed by atoms with Crippen molar-refractivity contribution in [2.24, 2.45) is 0 Å². The molecular weight excluding hydrogens is 292 g/mol. The van der Waals surface area contributed by atoms with E-state index in [1.807, 2.05) is 30.3 Å². The summed E-state index contributed by atoms with van der Waals surface area (Å²) in [7, 11) is 0. The summed E-state index contributed by atoms with van der Waals surface area (Å²) in [4.78, 5) is 15.0. The van der Waals surface area contributed by atoms with Gasteiger partial charge in [0.2, 0.25) is 0 Å². The van der Waals surface area contributed by atoms with Crippen LogP contribution < -0.4 is 5.32 Å². The van der Waals surface area contributed by atoms with Gasteiger partial charge in [0, 0.05) is 22.8 Å². The maximum atomic E-state index is 11.9. The van der Waals surface area contributed by atoms with Gasteiger partial charge in [0.05, 0.1) is 0 Å². The molecule has 3 nitrogen and oxygen atoms in total. The first-order chi connectivity index (χ1) is 8.81. The SMILES string of the molecule is O=C(NCCCCCBr)c1cc2ccccc2[nH]1. The van der Waals surface area contributed by atoms with Crippen LogP contribution in [0.4, 0.5) is 0 Å². The number of aromatic nitrogens is 1. The van der Waals surface area contributed by atoms with Crippen LogP contribution in [0.25, 0.3) is 10.9 Å². The molecule has 0 atom stereocenters. The monoisotopic (exact) mass is 308 g/mol. The van der Waals surface area contributed by atoms with E-state index in [1.165, 1.54) is 0 Å². The molecule has 0 aliphatic rings. The fraction of sp³-hybridized carbons (Fsp3) is 0.357. The highest BCUT2D eigenvalue weighted by atomic mass is 79.9. The van der Waals surface area contributed by atoms with Crippen molar-refractivity contribution in [3.8, 4) is 0 Å². The lowest BCUT2D eigenvalue weighted by Gasteiger charge is -2.02. The predicted molar refractivity (Wildman–Crippen MR) is 78.3 cm³/mol. The third-order valence-corrected chi connectivity index (χ3v) is 3.43. The van der Waals surface area contributed by atoms with E-state index >= 15 is 0 Å². The smallest absolute Gasteiger partial charge is 0.267 e. The molecule has 0 bridgehead atoms. The van der Waals surface area contributed by atoms with E-state index in [0.29, 0.717) is 5.69 Å². The first-order valence-corrected chi connectivity index (χ1v) is 7.35. The summed E-state index contributed by atoms with van der Waals surface area (Å²) in [6, 6.07) is 9.79. The Morgan fingerprint density at radius 2 is 2.06 bits per heavy atom. The average molecular weight is 309 g/mol. The topological polar surface area (TPSA) is 44.9 Å². The average Bonchev–Trinajstić information content (AvgIpc) is 2.82. The van der Waals surface area contributed by atoms with E-state index in [9.17, 15) is 4.79 Å². The van der Waals surface area contributed by atoms with Crippen LogP contribution in [-0.4, -0.2) is 22.8 Å². The maximum absolute atomic E-state index is 11.9. The van der Waals surface area contributed by atoms with Gasteiger partial charge < -0.3 is 10.3 Å². The van der Waals surface area contributed by atoms with E-state index in [1.54, 1.807) is 0 Å². The summed E-state index contributed by atoms with van der Waals surface area (Å²) >= 11 is 3.39. The molecule has 0 spiro atoms.